The average molecular weight is 269 g/mol. The van der Waals surface area contributed by atoms with Gasteiger partial charge in [0, 0.05) is 34.6 Å². The number of hydrogen-bond donors (Lipinski definition) is 1. The Kier molecular flexibility index (Phi) is 6.48. The molecule has 1 aromatic carbocycles. The van der Waals surface area contributed by atoms with E-state index in [1.165, 1.54) is 12.1 Å². The first-order chi connectivity index (χ1) is 5.52. The van der Waals surface area contributed by atoms with Gasteiger partial charge in [0.05, 0.1) is 10.0 Å². The minimum Gasteiger partial charge on any atom is -0.302 e. The maximum atomic E-state index is 10.7. The van der Waals surface area contributed by atoms with Crippen LogP contribution in [-0.4, -0.2) is 38.3 Å². The van der Waals surface area contributed by atoms with Gasteiger partial charge < -0.3 is 4.55 Å². The maximum absolute atomic E-state index is 10.7. The summed E-state index contributed by atoms with van der Waals surface area (Å²) in [7, 11) is 0. The molecule has 0 aromatic heterocycles. The molecule has 13 heavy (non-hydrogen) atoms. The van der Waals surface area contributed by atoms with Crippen molar-refractivity contribution in [3.63, 3.8) is 0 Å². The molecule has 1 unspecified atom stereocenters. The third-order valence-corrected chi connectivity index (χ3v) is 2.97. The zero-order chi connectivity index (χ0) is 9.30. The minimum atomic E-state index is -2.18. The van der Waals surface area contributed by atoms with Gasteiger partial charge in [0.15, 0.2) is 11.1 Å². The van der Waals surface area contributed by atoms with E-state index in [4.69, 9.17) is 39.4 Å². The summed E-state index contributed by atoms with van der Waals surface area (Å²) in [5.74, 6) is 0. The van der Waals surface area contributed by atoms with E-state index in [2.05, 4.69) is 0 Å². The topological polar surface area (TPSA) is 37.3 Å². The summed E-state index contributed by atoms with van der Waals surface area (Å²) < 4.78 is 19.4. The molecule has 1 rings (SSSR count). The molecule has 1 aromatic rings. The summed E-state index contributed by atoms with van der Waals surface area (Å²) in [6, 6.07) is 2.72. The Hall–Kier alpha value is 1.20. The predicted octanol–water partition coefficient (Wildman–Crippen LogP) is 2.85. The van der Waals surface area contributed by atoms with Crippen LogP contribution in [0.25, 0.3) is 0 Å². The van der Waals surface area contributed by atoms with Gasteiger partial charge >= 0.3 is 0 Å². The van der Waals surface area contributed by atoms with Gasteiger partial charge in [-0.1, -0.05) is 34.8 Å². The molecule has 0 amide bonds. The molecule has 0 saturated heterocycles. The first kappa shape index (κ1) is 14.2. The van der Waals surface area contributed by atoms with Crippen LogP contribution in [0.15, 0.2) is 17.0 Å². The van der Waals surface area contributed by atoms with Gasteiger partial charge in [-0.05, 0) is 12.1 Å². The summed E-state index contributed by atoms with van der Waals surface area (Å²) in [6.07, 6.45) is 0. The van der Waals surface area contributed by atoms with Gasteiger partial charge in [-0.15, -0.1) is 0 Å². The first-order valence-corrected chi connectivity index (χ1v) is 5.02. The van der Waals surface area contributed by atoms with E-state index in [0.717, 1.165) is 0 Å². The Balaban J connectivity index is 0.00000144. The SMILES string of the molecule is O=S(O)c1c(Cl)cc(Cl)cc1Cl.[Na]. The normalized spacial score (nSPS) is 12.0. The molecule has 1 radical (unpaired) electrons. The molecule has 1 atom stereocenters. The van der Waals surface area contributed by atoms with Gasteiger partial charge in [0.2, 0.25) is 0 Å². The molecule has 0 aliphatic heterocycles. The second-order valence-electron chi connectivity index (χ2n) is 1.95. The molecule has 7 heteroatoms. The molecule has 2 nitrogen and oxygen atoms in total. The van der Waals surface area contributed by atoms with E-state index < -0.39 is 11.1 Å². The molecule has 0 aliphatic carbocycles. The van der Waals surface area contributed by atoms with Crippen LogP contribution in [0.1, 0.15) is 0 Å². The largest absolute Gasteiger partial charge is 0.302 e. The van der Waals surface area contributed by atoms with Crippen LogP contribution in [0.2, 0.25) is 15.1 Å². The van der Waals surface area contributed by atoms with Crippen LogP contribution in [-0.2, 0) is 11.1 Å². The van der Waals surface area contributed by atoms with E-state index >= 15 is 0 Å². The molecule has 0 saturated carbocycles. The van der Waals surface area contributed by atoms with Crippen molar-refractivity contribution in [2.24, 2.45) is 0 Å². The van der Waals surface area contributed by atoms with Gasteiger partial charge in [0.1, 0.15) is 4.90 Å². The van der Waals surface area contributed by atoms with E-state index in [1.54, 1.807) is 0 Å². The number of hydrogen-bond acceptors (Lipinski definition) is 1. The van der Waals surface area contributed by atoms with Crippen LogP contribution < -0.4 is 0 Å². The number of halogens is 3. The van der Waals surface area contributed by atoms with Crippen LogP contribution in [0.5, 0.6) is 0 Å². The average Bonchev–Trinajstić information content (AvgIpc) is 1.82. The van der Waals surface area contributed by atoms with E-state index in [-0.39, 0.29) is 44.5 Å². The zero-order valence-corrected chi connectivity index (χ0v) is 11.6. The Labute approximate surface area is 115 Å². The van der Waals surface area contributed by atoms with Crippen LogP contribution >= 0.6 is 34.8 Å². The van der Waals surface area contributed by atoms with Gasteiger partial charge in [-0.3, -0.25) is 0 Å². The molecule has 0 bridgehead atoms. The van der Waals surface area contributed by atoms with Gasteiger partial charge in [0.25, 0.3) is 0 Å². The number of benzene rings is 1. The summed E-state index contributed by atoms with van der Waals surface area (Å²) in [5, 5.41) is 0.515. The van der Waals surface area contributed by atoms with Crippen LogP contribution in [0.3, 0.4) is 0 Å². The van der Waals surface area contributed by atoms with E-state index in [0.29, 0.717) is 5.02 Å². The Morgan fingerprint density at radius 3 is 1.85 bits per heavy atom. The second-order valence-corrected chi connectivity index (χ2v) is 4.11. The van der Waals surface area contributed by atoms with Gasteiger partial charge in [-0.25, -0.2) is 4.21 Å². The second kappa shape index (κ2) is 5.93. The van der Waals surface area contributed by atoms with Crippen molar-refractivity contribution in [1.82, 2.24) is 0 Å². The molecule has 0 aliphatic rings. The third-order valence-electron chi connectivity index (χ3n) is 1.14. The van der Waals surface area contributed by atoms with Crippen LogP contribution in [0.4, 0.5) is 0 Å². The quantitative estimate of drug-likeness (QED) is 0.628. The molecule has 0 fully saturated rings. The summed E-state index contributed by atoms with van der Waals surface area (Å²) in [6.45, 7) is 0. The fourth-order valence-electron chi connectivity index (χ4n) is 0.696. The number of rotatable bonds is 1. The van der Waals surface area contributed by atoms with Crippen molar-refractivity contribution in [3.8, 4) is 0 Å². The van der Waals surface area contributed by atoms with Crippen molar-refractivity contribution in [2.45, 2.75) is 4.90 Å². The Morgan fingerprint density at radius 2 is 1.54 bits per heavy atom. The van der Waals surface area contributed by atoms with Crippen LogP contribution in [0, 0.1) is 0 Å². The molecular weight excluding hydrogens is 265 g/mol. The summed E-state index contributed by atoms with van der Waals surface area (Å²) in [4.78, 5) is -0.0114. The smallest absolute Gasteiger partial charge is 0.189 e. The monoisotopic (exact) mass is 267 g/mol. The first-order valence-electron chi connectivity index (χ1n) is 2.78. The predicted molar refractivity (Wildman–Crippen MR) is 56.3 cm³/mol. The standard InChI is InChI=1S/C6H3Cl3O2S.Na/c7-3-1-4(8)6(12(10)11)5(9)2-3;/h1-2H,(H,10,11);. The fourth-order valence-corrected chi connectivity index (χ4v) is 2.36. The summed E-state index contributed by atoms with van der Waals surface area (Å²) >= 11 is 14.6. The van der Waals surface area contributed by atoms with Crippen molar-refractivity contribution in [2.75, 3.05) is 0 Å². The molecule has 67 valence electrons. The molecule has 0 heterocycles. The molecule has 0 spiro atoms. The maximum Gasteiger partial charge on any atom is 0.189 e. The van der Waals surface area contributed by atoms with Crippen molar-refractivity contribution < 1.29 is 8.76 Å². The van der Waals surface area contributed by atoms with E-state index in [9.17, 15) is 4.21 Å². The van der Waals surface area contributed by atoms with Gasteiger partial charge in [-0.2, -0.15) is 0 Å². The molecule has 1 N–H and O–H groups in total. The Bertz CT molecular complexity index is 322. The van der Waals surface area contributed by atoms with E-state index in [1.807, 2.05) is 0 Å². The van der Waals surface area contributed by atoms with Crippen molar-refractivity contribution in [3.05, 3.63) is 27.2 Å². The zero-order valence-electron chi connectivity index (χ0n) is 6.55. The van der Waals surface area contributed by atoms with Crippen molar-refractivity contribution in [1.29, 1.82) is 0 Å². The van der Waals surface area contributed by atoms with Crippen molar-refractivity contribution >= 4 is 75.4 Å². The fraction of sp³-hybridized carbons (Fsp3) is 0. The summed E-state index contributed by atoms with van der Waals surface area (Å²) in [5.41, 5.74) is 0. The molecular formula is C6H3Cl3NaO2S. The minimum absolute atomic E-state index is 0. The Morgan fingerprint density at radius 1 is 1.15 bits per heavy atom. The third kappa shape index (κ3) is 3.68.